The molecule has 0 saturated carbocycles. The Bertz CT molecular complexity index is 784. The molecule has 21 heavy (non-hydrogen) atoms. The lowest BCUT2D eigenvalue weighted by Crippen LogP contribution is -2.25. The first-order valence-corrected chi connectivity index (χ1v) is 9.19. The van der Waals surface area contributed by atoms with Gasteiger partial charge in [0.1, 0.15) is 4.21 Å². The highest BCUT2D eigenvalue weighted by molar-refractivity contribution is 7.91. The van der Waals surface area contributed by atoms with Gasteiger partial charge in [0.05, 0.1) is 9.26 Å². The van der Waals surface area contributed by atoms with Gasteiger partial charge in [0, 0.05) is 24.5 Å². The van der Waals surface area contributed by atoms with Gasteiger partial charge in [-0.3, -0.25) is 10.1 Å². The second-order valence-electron chi connectivity index (χ2n) is 3.95. The van der Waals surface area contributed by atoms with E-state index in [9.17, 15) is 18.5 Å². The average Bonchev–Trinajstić information content (AvgIpc) is 2.95. The SMILES string of the molecule is CN(Cc1ccc(Cl)s1)S(=O)(=O)c1cc([N+](=O)[O-])c(Cl)s1. The Morgan fingerprint density at radius 2 is 2.00 bits per heavy atom. The molecule has 0 aromatic carbocycles. The van der Waals surface area contributed by atoms with Gasteiger partial charge in [-0.2, -0.15) is 4.31 Å². The zero-order valence-corrected chi connectivity index (χ0v) is 14.4. The Labute approximate surface area is 138 Å². The Kier molecular flexibility index (Phi) is 4.91. The normalized spacial score (nSPS) is 12.0. The minimum Gasteiger partial charge on any atom is -0.258 e. The monoisotopic (exact) mass is 386 g/mol. The molecule has 0 atom stereocenters. The van der Waals surface area contributed by atoms with Crippen LogP contribution in [0.3, 0.4) is 0 Å². The molecule has 6 nitrogen and oxygen atoms in total. The van der Waals surface area contributed by atoms with Gasteiger partial charge < -0.3 is 0 Å². The van der Waals surface area contributed by atoms with Crippen LogP contribution in [0.2, 0.25) is 8.67 Å². The highest BCUT2D eigenvalue weighted by Crippen LogP contribution is 2.37. The molecule has 0 fully saturated rings. The van der Waals surface area contributed by atoms with E-state index >= 15 is 0 Å². The van der Waals surface area contributed by atoms with Crippen LogP contribution in [-0.4, -0.2) is 24.7 Å². The number of thiophene rings is 2. The third-order valence-corrected chi connectivity index (χ3v) is 7.32. The molecule has 0 bridgehead atoms. The molecule has 114 valence electrons. The van der Waals surface area contributed by atoms with Gasteiger partial charge in [-0.25, -0.2) is 8.42 Å². The predicted octanol–water partition coefficient (Wildman–Crippen LogP) is 3.85. The first-order chi connectivity index (χ1) is 9.71. The summed E-state index contributed by atoms with van der Waals surface area (Å²) in [6.45, 7) is 0.128. The summed E-state index contributed by atoms with van der Waals surface area (Å²) in [6, 6.07) is 4.37. The van der Waals surface area contributed by atoms with Crippen molar-refractivity contribution in [2.75, 3.05) is 7.05 Å². The first-order valence-electron chi connectivity index (χ1n) is 5.36. The lowest BCUT2D eigenvalue weighted by Gasteiger charge is -2.14. The van der Waals surface area contributed by atoms with E-state index in [1.165, 1.54) is 18.4 Å². The minimum atomic E-state index is -3.84. The van der Waals surface area contributed by atoms with Crippen molar-refractivity contribution in [1.29, 1.82) is 0 Å². The van der Waals surface area contributed by atoms with Crippen LogP contribution in [0.5, 0.6) is 0 Å². The van der Waals surface area contributed by atoms with Gasteiger partial charge >= 0.3 is 0 Å². The van der Waals surface area contributed by atoms with Crippen molar-refractivity contribution >= 4 is 61.6 Å². The summed E-state index contributed by atoms with van der Waals surface area (Å²) in [5.74, 6) is 0. The summed E-state index contributed by atoms with van der Waals surface area (Å²) >= 11 is 13.4. The third-order valence-electron chi connectivity index (χ3n) is 2.51. The fourth-order valence-corrected chi connectivity index (χ4v) is 5.73. The molecule has 0 aliphatic heterocycles. The standard InChI is InChI=1S/C10H8Cl2N2O4S3/c1-13(5-6-2-3-8(11)19-6)21(17,18)9-4-7(14(15)16)10(12)20-9/h2-4H,5H2,1H3. The summed E-state index contributed by atoms with van der Waals surface area (Å²) in [5, 5.41) is 10.7. The quantitative estimate of drug-likeness (QED) is 0.577. The molecule has 2 aromatic heterocycles. The second-order valence-corrected chi connectivity index (χ2v) is 9.67. The van der Waals surface area contributed by atoms with E-state index in [4.69, 9.17) is 23.2 Å². The van der Waals surface area contributed by atoms with Crippen molar-refractivity contribution in [3.05, 3.63) is 41.9 Å². The van der Waals surface area contributed by atoms with Crippen LogP contribution in [0.15, 0.2) is 22.4 Å². The average molecular weight is 387 g/mol. The van der Waals surface area contributed by atoms with Gasteiger partial charge in [-0.15, -0.1) is 22.7 Å². The zero-order chi connectivity index (χ0) is 15.8. The number of nitrogens with zero attached hydrogens (tertiary/aromatic N) is 2. The Morgan fingerprint density at radius 1 is 1.33 bits per heavy atom. The molecule has 0 N–H and O–H groups in total. The fraction of sp³-hybridized carbons (Fsp3) is 0.200. The van der Waals surface area contributed by atoms with E-state index in [0.29, 0.717) is 15.7 Å². The van der Waals surface area contributed by atoms with E-state index in [2.05, 4.69) is 0 Å². The van der Waals surface area contributed by atoms with E-state index in [1.807, 2.05) is 0 Å². The van der Waals surface area contributed by atoms with E-state index in [0.717, 1.165) is 15.2 Å². The van der Waals surface area contributed by atoms with Crippen molar-refractivity contribution in [2.45, 2.75) is 10.8 Å². The van der Waals surface area contributed by atoms with Crippen LogP contribution in [0.25, 0.3) is 0 Å². The van der Waals surface area contributed by atoms with Gasteiger partial charge in [-0.1, -0.05) is 23.2 Å². The molecule has 0 radical (unpaired) electrons. The zero-order valence-electron chi connectivity index (χ0n) is 10.4. The molecule has 2 rings (SSSR count). The Balaban J connectivity index is 2.28. The van der Waals surface area contributed by atoms with Gasteiger partial charge in [-0.05, 0) is 12.1 Å². The van der Waals surface area contributed by atoms with E-state index in [-0.39, 0.29) is 15.1 Å². The lowest BCUT2D eigenvalue weighted by molar-refractivity contribution is -0.384. The van der Waals surface area contributed by atoms with Crippen LogP contribution >= 0.6 is 45.9 Å². The van der Waals surface area contributed by atoms with Crippen LogP contribution in [-0.2, 0) is 16.6 Å². The van der Waals surface area contributed by atoms with Gasteiger partial charge in [0.25, 0.3) is 15.7 Å². The molecule has 2 heterocycles. The van der Waals surface area contributed by atoms with Crippen molar-refractivity contribution in [1.82, 2.24) is 4.31 Å². The molecule has 0 aliphatic carbocycles. The van der Waals surface area contributed by atoms with Crippen molar-refractivity contribution in [3.63, 3.8) is 0 Å². The van der Waals surface area contributed by atoms with Crippen LogP contribution in [0.1, 0.15) is 4.88 Å². The van der Waals surface area contributed by atoms with E-state index < -0.39 is 20.6 Å². The van der Waals surface area contributed by atoms with Crippen molar-refractivity contribution in [3.8, 4) is 0 Å². The number of hydrogen-bond donors (Lipinski definition) is 0. The summed E-state index contributed by atoms with van der Waals surface area (Å²) in [7, 11) is -2.45. The molecule has 0 amide bonds. The fourth-order valence-electron chi connectivity index (χ4n) is 1.48. The Morgan fingerprint density at radius 3 is 2.48 bits per heavy atom. The smallest absolute Gasteiger partial charge is 0.258 e. The number of nitro groups is 1. The summed E-state index contributed by atoms with van der Waals surface area (Å²) in [4.78, 5) is 10.8. The summed E-state index contributed by atoms with van der Waals surface area (Å²) < 4.78 is 26.1. The predicted molar refractivity (Wildman–Crippen MR) is 84.0 cm³/mol. The van der Waals surface area contributed by atoms with E-state index in [1.54, 1.807) is 12.1 Å². The van der Waals surface area contributed by atoms with Crippen molar-refractivity contribution in [2.24, 2.45) is 0 Å². The third kappa shape index (κ3) is 3.55. The number of sulfonamides is 1. The Hall–Kier alpha value is -0.710. The number of halogens is 2. The minimum absolute atomic E-state index is 0.128. The first kappa shape index (κ1) is 16.7. The van der Waals surface area contributed by atoms with Gasteiger partial charge in [0.2, 0.25) is 0 Å². The van der Waals surface area contributed by atoms with Crippen LogP contribution in [0.4, 0.5) is 5.69 Å². The molecule has 11 heteroatoms. The largest absolute Gasteiger partial charge is 0.300 e. The molecular formula is C10H8Cl2N2O4S3. The van der Waals surface area contributed by atoms with Crippen LogP contribution < -0.4 is 0 Å². The molecule has 0 aliphatic rings. The lowest BCUT2D eigenvalue weighted by atomic mass is 10.5. The molecular weight excluding hydrogens is 379 g/mol. The molecule has 0 unspecified atom stereocenters. The maximum atomic E-state index is 12.4. The molecule has 0 spiro atoms. The maximum Gasteiger partial charge on any atom is 0.300 e. The summed E-state index contributed by atoms with van der Waals surface area (Å²) in [6.07, 6.45) is 0. The summed E-state index contributed by atoms with van der Waals surface area (Å²) in [5.41, 5.74) is -0.409. The van der Waals surface area contributed by atoms with Crippen molar-refractivity contribution < 1.29 is 13.3 Å². The second kappa shape index (κ2) is 6.19. The highest BCUT2D eigenvalue weighted by atomic mass is 35.5. The van der Waals surface area contributed by atoms with Crippen LogP contribution in [0, 0.1) is 10.1 Å². The molecule has 2 aromatic rings. The number of hydrogen-bond acceptors (Lipinski definition) is 6. The van der Waals surface area contributed by atoms with Gasteiger partial charge in [0.15, 0.2) is 4.34 Å². The topological polar surface area (TPSA) is 80.5 Å². The molecule has 0 saturated heterocycles. The highest BCUT2D eigenvalue weighted by Gasteiger charge is 2.28. The maximum absolute atomic E-state index is 12.4. The number of rotatable bonds is 5.